The van der Waals surface area contributed by atoms with Crippen LogP contribution in [-0.4, -0.2) is 41.0 Å². The van der Waals surface area contributed by atoms with Crippen LogP contribution < -0.4 is 5.32 Å². The normalized spacial score (nSPS) is 21.4. The van der Waals surface area contributed by atoms with Crippen molar-refractivity contribution in [3.05, 3.63) is 17.0 Å². The second-order valence-electron chi connectivity index (χ2n) is 4.65. The maximum absolute atomic E-state index is 12.6. The number of halogens is 4. The summed E-state index contributed by atoms with van der Waals surface area (Å²) >= 11 is 5.53. The standard InChI is InChI=1S/C11H14ClF3N4/c1-19-4-2-3-7(6-19)16-9-5-8(11(13,14)15)17-10(12)18-9/h5,7H,2-4,6H2,1H3,(H,16,17,18). The molecule has 4 nitrogen and oxygen atoms in total. The first-order chi connectivity index (χ1) is 8.84. The highest BCUT2D eigenvalue weighted by molar-refractivity contribution is 6.28. The third kappa shape index (κ3) is 3.94. The molecular weight excluding hydrogens is 281 g/mol. The Morgan fingerprint density at radius 3 is 2.79 bits per heavy atom. The van der Waals surface area contributed by atoms with Gasteiger partial charge in [-0.05, 0) is 38.0 Å². The minimum atomic E-state index is -4.52. The lowest BCUT2D eigenvalue weighted by Crippen LogP contribution is -2.40. The zero-order valence-corrected chi connectivity index (χ0v) is 11.1. The molecule has 0 radical (unpaired) electrons. The van der Waals surface area contributed by atoms with Crippen molar-refractivity contribution in [1.29, 1.82) is 0 Å². The highest BCUT2D eigenvalue weighted by atomic mass is 35.5. The highest BCUT2D eigenvalue weighted by Gasteiger charge is 2.33. The molecule has 1 aliphatic heterocycles. The van der Waals surface area contributed by atoms with Crippen LogP contribution in [0.4, 0.5) is 19.0 Å². The minimum absolute atomic E-state index is 0.0748. The lowest BCUT2D eigenvalue weighted by molar-refractivity contribution is -0.141. The average Bonchev–Trinajstić information content (AvgIpc) is 2.26. The minimum Gasteiger partial charge on any atom is -0.366 e. The van der Waals surface area contributed by atoms with E-state index in [4.69, 9.17) is 11.6 Å². The SMILES string of the molecule is CN1CCCC(Nc2cc(C(F)(F)F)nc(Cl)n2)C1. The van der Waals surface area contributed by atoms with Crippen molar-refractivity contribution in [3.8, 4) is 0 Å². The molecule has 1 N–H and O–H groups in total. The van der Waals surface area contributed by atoms with Crippen molar-refractivity contribution in [2.75, 3.05) is 25.5 Å². The highest BCUT2D eigenvalue weighted by Crippen LogP contribution is 2.30. The van der Waals surface area contributed by atoms with Crippen molar-refractivity contribution in [3.63, 3.8) is 0 Å². The van der Waals surface area contributed by atoms with Crippen LogP contribution in [0.5, 0.6) is 0 Å². The van der Waals surface area contributed by atoms with E-state index in [-0.39, 0.29) is 11.9 Å². The molecule has 1 saturated heterocycles. The van der Waals surface area contributed by atoms with Gasteiger partial charge < -0.3 is 10.2 Å². The summed E-state index contributed by atoms with van der Waals surface area (Å²) in [5.74, 6) is 0.118. The Balaban J connectivity index is 2.14. The largest absolute Gasteiger partial charge is 0.433 e. The zero-order valence-electron chi connectivity index (χ0n) is 10.3. The second-order valence-corrected chi connectivity index (χ2v) is 4.99. The fourth-order valence-electron chi connectivity index (χ4n) is 2.13. The molecule has 0 aliphatic carbocycles. The first-order valence-corrected chi connectivity index (χ1v) is 6.29. The number of likely N-dealkylation sites (tertiary alicyclic amines) is 1. The van der Waals surface area contributed by atoms with Crippen LogP contribution in [0.3, 0.4) is 0 Å². The third-order valence-corrected chi connectivity index (χ3v) is 3.13. The van der Waals surface area contributed by atoms with E-state index in [0.717, 1.165) is 32.0 Å². The van der Waals surface area contributed by atoms with E-state index in [1.54, 1.807) is 0 Å². The monoisotopic (exact) mass is 294 g/mol. The second kappa shape index (κ2) is 5.50. The zero-order chi connectivity index (χ0) is 14.0. The smallest absolute Gasteiger partial charge is 0.366 e. The van der Waals surface area contributed by atoms with Crippen LogP contribution in [0, 0.1) is 0 Å². The quantitative estimate of drug-likeness (QED) is 0.852. The molecule has 0 bridgehead atoms. The van der Waals surface area contributed by atoms with E-state index in [2.05, 4.69) is 20.2 Å². The van der Waals surface area contributed by atoms with Crippen LogP contribution in [-0.2, 0) is 6.18 Å². The molecule has 0 saturated carbocycles. The number of nitrogens with zero attached hydrogens (tertiary/aromatic N) is 3. The first kappa shape index (κ1) is 14.3. The maximum atomic E-state index is 12.6. The van der Waals surface area contributed by atoms with E-state index >= 15 is 0 Å². The molecule has 1 aromatic heterocycles. The average molecular weight is 295 g/mol. The number of hydrogen-bond acceptors (Lipinski definition) is 4. The number of aromatic nitrogens is 2. The number of likely N-dealkylation sites (N-methyl/N-ethyl adjacent to an activating group) is 1. The van der Waals surface area contributed by atoms with Gasteiger partial charge in [0.1, 0.15) is 5.82 Å². The van der Waals surface area contributed by atoms with Crippen molar-refractivity contribution in [1.82, 2.24) is 14.9 Å². The predicted octanol–water partition coefficient (Wildman–Crippen LogP) is 2.65. The third-order valence-electron chi connectivity index (χ3n) is 2.97. The Labute approximate surface area is 114 Å². The molecule has 1 unspecified atom stereocenters. The van der Waals surface area contributed by atoms with Gasteiger partial charge in [-0.25, -0.2) is 9.97 Å². The topological polar surface area (TPSA) is 41.0 Å². The summed E-state index contributed by atoms with van der Waals surface area (Å²) in [5, 5.41) is 2.59. The fourth-order valence-corrected chi connectivity index (χ4v) is 2.31. The van der Waals surface area contributed by atoms with Gasteiger partial charge in [0.15, 0.2) is 5.69 Å². The summed E-state index contributed by atoms with van der Waals surface area (Å²) in [4.78, 5) is 9.10. The number of nitrogens with one attached hydrogen (secondary N) is 1. The molecule has 1 atom stereocenters. The van der Waals surface area contributed by atoms with Gasteiger partial charge in [0.25, 0.3) is 0 Å². The molecule has 0 amide bonds. The first-order valence-electron chi connectivity index (χ1n) is 5.91. The van der Waals surface area contributed by atoms with Crippen LogP contribution in [0.25, 0.3) is 0 Å². The number of alkyl halides is 3. The summed E-state index contributed by atoms with van der Waals surface area (Å²) in [6.07, 6.45) is -2.63. The Morgan fingerprint density at radius 1 is 1.42 bits per heavy atom. The molecule has 1 aromatic rings. The summed E-state index contributed by atoms with van der Waals surface area (Å²) in [6, 6.07) is 0.964. The van der Waals surface area contributed by atoms with E-state index in [1.807, 2.05) is 7.05 Å². The number of rotatable bonds is 2. The Bertz CT molecular complexity index is 452. The predicted molar refractivity (Wildman–Crippen MR) is 66.2 cm³/mol. The van der Waals surface area contributed by atoms with Gasteiger partial charge in [-0.2, -0.15) is 13.2 Å². The van der Waals surface area contributed by atoms with Crippen LogP contribution in [0.1, 0.15) is 18.5 Å². The molecule has 19 heavy (non-hydrogen) atoms. The number of piperidine rings is 1. The van der Waals surface area contributed by atoms with Gasteiger partial charge in [0.2, 0.25) is 5.28 Å². The summed E-state index contributed by atoms with van der Waals surface area (Å²) in [6.45, 7) is 1.76. The van der Waals surface area contributed by atoms with Gasteiger partial charge in [0, 0.05) is 18.7 Å². The van der Waals surface area contributed by atoms with Crippen molar-refractivity contribution >= 4 is 17.4 Å². The van der Waals surface area contributed by atoms with Crippen molar-refractivity contribution in [2.24, 2.45) is 0 Å². The maximum Gasteiger partial charge on any atom is 0.433 e. The number of hydrogen-bond donors (Lipinski definition) is 1. The van der Waals surface area contributed by atoms with Gasteiger partial charge in [-0.1, -0.05) is 0 Å². The van der Waals surface area contributed by atoms with E-state index < -0.39 is 17.2 Å². The van der Waals surface area contributed by atoms with E-state index in [0.29, 0.717) is 0 Å². The van der Waals surface area contributed by atoms with Crippen LogP contribution >= 0.6 is 11.6 Å². The van der Waals surface area contributed by atoms with Gasteiger partial charge in [-0.3, -0.25) is 0 Å². The lowest BCUT2D eigenvalue weighted by atomic mass is 10.1. The van der Waals surface area contributed by atoms with E-state index in [1.165, 1.54) is 0 Å². The molecule has 8 heteroatoms. The van der Waals surface area contributed by atoms with Crippen molar-refractivity contribution in [2.45, 2.75) is 25.1 Å². The van der Waals surface area contributed by atoms with Crippen molar-refractivity contribution < 1.29 is 13.2 Å². The Morgan fingerprint density at radius 2 is 2.16 bits per heavy atom. The molecular formula is C11H14ClF3N4. The van der Waals surface area contributed by atoms with Gasteiger partial charge >= 0.3 is 6.18 Å². The molecule has 0 spiro atoms. The lowest BCUT2D eigenvalue weighted by Gasteiger charge is -2.30. The number of anilines is 1. The fraction of sp³-hybridized carbons (Fsp3) is 0.636. The molecule has 0 aromatic carbocycles. The van der Waals surface area contributed by atoms with Gasteiger partial charge in [-0.15, -0.1) is 0 Å². The summed E-state index contributed by atoms with van der Waals surface area (Å²) in [5.41, 5.74) is -1.03. The van der Waals surface area contributed by atoms with Crippen LogP contribution in [0.15, 0.2) is 6.07 Å². The molecule has 2 rings (SSSR count). The molecule has 2 heterocycles. The van der Waals surface area contributed by atoms with Gasteiger partial charge in [0.05, 0.1) is 0 Å². The molecule has 1 fully saturated rings. The summed E-state index contributed by atoms with van der Waals surface area (Å²) in [7, 11) is 1.97. The summed E-state index contributed by atoms with van der Waals surface area (Å²) < 4.78 is 37.8. The van der Waals surface area contributed by atoms with E-state index in [9.17, 15) is 13.2 Å². The molecule has 106 valence electrons. The molecule has 1 aliphatic rings. The Kier molecular flexibility index (Phi) is 4.15. The Hall–Kier alpha value is -1.08. The van der Waals surface area contributed by atoms with Crippen LogP contribution in [0.2, 0.25) is 5.28 Å².